The fourth-order valence-corrected chi connectivity index (χ4v) is 2.45. The summed E-state index contributed by atoms with van der Waals surface area (Å²) < 4.78 is 0. The molecule has 0 aliphatic heterocycles. The smallest absolute Gasteiger partial charge is 0.251 e. The van der Waals surface area contributed by atoms with E-state index in [4.69, 9.17) is 0 Å². The van der Waals surface area contributed by atoms with Gasteiger partial charge in [0.05, 0.1) is 0 Å². The molecule has 92 valence electrons. The molecule has 2 rings (SSSR count). The van der Waals surface area contributed by atoms with E-state index in [9.17, 15) is 9.90 Å². The van der Waals surface area contributed by atoms with Crippen molar-refractivity contribution in [2.75, 3.05) is 13.2 Å². The molecule has 0 radical (unpaired) electrons. The lowest BCUT2D eigenvalue weighted by Crippen LogP contribution is -2.31. The second-order valence-electron chi connectivity index (χ2n) is 4.58. The first-order chi connectivity index (χ1) is 8.31. The van der Waals surface area contributed by atoms with Gasteiger partial charge in [0.25, 0.3) is 5.91 Å². The van der Waals surface area contributed by atoms with Gasteiger partial charge in [0.2, 0.25) is 0 Å². The van der Waals surface area contributed by atoms with E-state index in [-0.39, 0.29) is 12.5 Å². The number of pyridine rings is 1. The second-order valence-corrected chi connectivity index (χ2v) is 4.58. The minimum atomic E-state index is -0.0593. The van der Waals surface area contributed by atoms with Crippen molar-refractivity contribution in [2.24, 2.45) is 11.8 Å². The van der Waals surface area contributed by atoms with E-state index in [1.54, 1.807) is 24.5 Å². The van der Waals surface area contributed by atoms with Crippen molar-refractivity contribution in [3.05, 3.63) is 30.1 Å². The van der Waals surface area contributed by atoms with Crippen LogP contribution < -0.4 is 5.32 Å². The number of amides is 1. The van der Waals surface area contributed by atoms with E-state index in [1.807, 2.05) is 0 Å². The van der Waals surface area contributed by atoms with Crippen LogP contribution in [0.4, 0.5) is 0 Å². The predicted molar refractivity (Wildman–Crippen MR) is 64.5 cm³/mol. The molecule has 1 saturated carbocycles. The van der Waals surface area contributed by atoms with Gasteiger partial charge >= 0.3 is 0 Å². The lowest BCUT2D eigenvalue weighted by Gasteiger charge is -2.17. The average Bonchev–Trinajstić information content (AvgIpc) is 2.84. The fraction of sp³-hybridized carbons (Fsp3) is 0.538. The number of carbonyl (C=O) groups excluding carboxylic acids is 1. The number of hydrogen-bond acceptors (Lipinski definition) is 3. The number of nitrogens with zero attached hydrogens (tertiary/aromatic N) is 1. The third-order valence-corrected chi connectivity index (χ3v) is 3.52. The van der Waals surface area contributed by atoms with Gasteiger partial charge in [0.15, 0.2) is 0 Å². The highest BCUT2D eigenvalue weighted by atomic mass is 16.3. The second kappa shape index (κ2) is 5.77. The monoisotopic (exact) mass is 234 g/mol. The van der Waals surface area contributed by atoms with E-state index in [1.165, 1.54) is 0 Å². The molecule has 1 fully saturated rings. The Balaban J connectivity index is 1.84. The fourth-order valence-electron chi connectivity index (χ4n) is 2.45. The van der Waals surface area contributed by atoms with E-state index in [0.29, 0.717) is 23.9 Å². The van der Waals surface area contributed by atoms with Crippen molar-refractivity contribution < 1.29 is 9.90 Å². The first-order valence-corrected chi connectivity index (χ1v) is 6.10. The summed E-state index contributed by atoms with van der Waals surface area (Å²) in [7, 11) is 0. The number of rotatable bonds is 4. The number of aromatic nitrogens is 1. The first-order valence-electron chi connectivity index (χ1n) is 6.10. The molecule has 2 unspecified atom stereocenters. The number of carbonyl (C=O) groups is 1. The van der Waals surface area contributed by atoms with Crippen LogP contribution in [0.5, 0.6) is 0 Å². The van der Waals surface area contributed by atoms with Gasteiger partial charge in [-0.2, -0.15) is 0 Å². The number of nitrogens with one attached hydrogen (secondary N) is 1. The van der Waals surface area contributed by atoms with E-state index >= 15 is 0 Å². The van der Waals surface area contributed by atoms with Crippen LogP contribution in [-0.2, 0) is 0 Å². The summed E-state index contributed by atoms with van der Waals surface area (Å²) in [4.78, 5) is 15.7. The zero-order valence-corrected chi connectivity index (χ0v) is 9.80. The van der Waals surface area contributed by atoms with Crippen molar-refractivity contribution in [2.45, 2.75) is 19.3 Å². The standard InChI is InChI=1S/C13H18N2O2/c16-9-12-3-1-2-11(12)8-15-13(17)10-4-6-14-7-5-10/h4-7,11-12,16H,1-3,8-9H2,(H,15,17). The molecular formula is C13H18N2O2. The van der Waals surface area contributed by atoms with Gasteiger partial charge in [0.1, 0.15) is 0 Å². The number of hydrogen-bond donors (Lipinski definition) is 2. The minimum absolute atomic E-state index is 0.0593. The number of aliphatic hydroxyl groups is 1. The van der Waals surface area contributed by atoms with Crippen LogP contribution in [0.2, 0.25) is 0 Å². The summed E-state index contributed by atoms with van der Waals surface area (Å²) in [6.07, 6.45) is 6.55. The Labute approximate surface area is 101 Å². The zero-order valence-electron chi connectivity index (χ0n) is 9.80. The quantitative estimate of drug-likeness (QED) is 0.823. The maximum Gasteiger partial charge on any atom is 0.251 e. The Kier molecular flexibility index (Phi) is 4.09. The third-order valence-electron chi connectivity index (χ3n) is 3.52. The Hall–Kier alpha value is -1.42. The maximum atomic E-state index is 11.8. The molecule has 0 aromatic carbocycles. The van der Waals surface area contributed by atoms with E-state index in [2.05, 4.69) is 10.3 Å². The van der Waals surface area contributed by atoms with Crippen LogP contribution in [-0.4, -0.2) is 29.1 Å². The van der Waals surface area contributed by atoms with Gasteiger partial charge in [-0.25, -0.2) is 0 Å². The molecule has 2 N–H and O–H groups in total. The summed E-state index contributed by atoms with van der Waals surface area (Å²) in [6, 6.07) is 3.40. The maximum absolute atomic E-state index is 11.8. The minimum Gasteiger partial charge on any atom is -0.396 e. The van der Waals surface area contributed by atoms with Crippen molar-refractivity contribution in [1.82, 2.24) is 10.3 Å². The molecule has 1 aliphatic carbocycles. The molecule has 1 aromatic heterocycles. The molecule has 1 heterocycles. The van der Waals surface area contributed by atoms with Crippen LogP contribution in [0.3, 0.4) is 0 Å². The van der Waals surface area contributed by atoms with Gasteiger partial charge in [0, 0.05) is 31.1 Å². The summed E-state index contributed by atoms with van der Waals surface area (Å²) in [6.45, 7) is 0.891. The highest BCUT2D eigenvalue weighted by molar-refractivity contribution is 5.93. The van der Waals surface area contributed by atoms with Crippen molar-refractivity contribution in [1.29, 1.82) is 0 Å². The lowest BCUT2D eigenvalue weighted by molar-refractivity contribution is 0.0937. The first kappa shape index (κ1) is 12.0. The zero-order chi connectivity index (χ0) is 12.1. The molecule has 17 heavy (non-hydrogen) atoms. The van der Waals surface area contributed by atoms with Crippen LogP contribution in [0.25, 0.3) is 0 Å². The summed E-state index contributed by atoms with van der Waals surface area (Å²) in [5, 5.41) is 12.1. The van der Waals surface area contributed by atoms with Crippen molar-refractivity contribution in [3.63, 3.8) is 0 Å². The van der Waals surface area contributed by atoms with Gasteiger partial charge < -0.3 is 10.4 Å². The normalized spacial score (nSPS) is 23.6. The molecule has 2 atom stereocenters. The Morgan fingerprint density at radius 2 is 2.06 bits per heavy atom. The highest BCUT2D eigenvalue weighted by Crippen LogP contribution is 2.30. The largest absolute Gasteiger partial charge is 0.396 e. The van der Waals surface area contributed by atoms with Gasteiger partial charge in [-0.3, -0.25) is 9.78 Å². The molecule has 4 heteroatoms. The molecule has 0 saturated heterocycles. The number of aliphatic hydroxyl groups excluding tert-OH is 1. The van der Waals surface area contributed by atoms with Crippen molar-refractivity contribution in [3.8, 4) is 0 Å². The third kappa shape index (κ3) is 3.03. The summed E-state index contributed by atoms with van der Waals surface area (Å²) in [5.74, 6) is 0.717. The summed E-state index contributed by atoms with van der Waals surface area (Å²) >= 11 is 0. The molecule has 1 aliphatic rings. The van der Waals surface area contributed by atoms with Gasteiger partial charge in [-0.05, 0) is 36.8 Å². The molecule has 0 spiro atoms. The molecule has 1 amide bonds. The average molecular weight is 234 g/mol. The molecule has 4 nitrogen and oxygen atoms in total. The molecule has 1 aromatic rings. The van der Waals surface area contributed by atoms with Crippen LogP contribution in [0, 0.1) is 11.8 Å². The highest BCUT2D eigenvalue weighted by Gasteiger charge is 2.26. The molecular weight excluding hydrogens is 216 g/mol. The van der Waals surface area contributed by atoms with E-state index < -0.39 is 0 Å². The van der Waals surface area contributed by atoms with Gasteiger partial charge in [-0.15, -0.1) is 0 Å². The van der Waals surface area contributed by atoms with Crippen molar-refractivity contribution >= 4 is 5.91 Å². The topological polar surface area (TPSA) is 62.2 Å². The van der Waals surface area contributed by atoms with E-state index in [0.717, 1.165) is 19.3 Å². The lowest BCUT2D eigenvalue weighted by atomic mass is 9.97. The summed E-state index contributed by atoms with van der Waals surface area (Å²) in [5.41, 5.74) is 0.638. The van der Waals surface area contributed by atoms with Crippen LogP contribution >= 0.6 is 0 Å². The Bertz CT molecular complexity index is 367. The van der Waals surface area contributed by atoms with Crippen LogP contribution in [0.1, 0.15) is 29.6 Å². The Morgan fingerprint density at radius 3 is 2.76 bits per heavy atom. The Morgan fingerprint density at radius 1 is 1.35 bits per heavy atom. The molecule has 0 bridgehead atoms. The van der Waals surface area contributed by atoms with Gasteiger partial charge in [-0.1, -0.05) is 6.42 Å². The SMILES string of the molecule is O=C(NCC1CCCC1CO)c1ccncc1. The predicted octanol–water partition coefficient (Wildman–Crippen LogP) is 1.22. The van der Waals surface area contributed by atoms with Crippen LogP contribution in [0.15, 0.2) is 24.5 Å².